The number of carbonyl (C=O) groups excluding carboxylic acids is 1. The van der Waals surface area contributed by atoms with E-state index in [0.717, 1.165) is 30.1 Å². The number of carbonyl (C=O) groups is 1. The number of hydrogen-bond acceptors (Lipinski definition) is 1. The summed E-state index contributed by atoms with van der Waals surface area (Å²) in [6, 6.07) is 4.24. The minimum absolute atomic E-state index is 0.246. The van der Waals surface area contributed by atoms with Crippen molar-refractivity contribution in [2.75, 3.05) is 6.54 Å². The van der Waals surface area contributed by atoms with Gasteiger partial charge < -0.3 is 4.90 Å². The van der Waals surface area contributed by atoms with Crippen LogP contribution >= 0.6 is 22.6 Å². The fourth-order valence-corrected chi connectivity index (χ4v) is 3.28. The summed E-state index contributed by atoms with van der Waals surface area (Å²) in [7, 11) is 0. The molecule has 3 heteroatoms. The highest BCUT2D eigenvalue weighted by Gasteiger charge is 2.33. The normalized spacial score (nSPS) is 19.1. The lowest BCUT2D eigenvalue weighted by atomic mass is 10.0. The van der Waals surface area contributed by atoms with Crippen LogP contribution in [0, 0.1) is 16.4 Å². The average molecular weight is 327 g/mol. The molecule has 1 heterocycles. The van der Waals surface area contributed by atoms with Gasteiger partial charge >= 0.3 is 0 Å². The van der Waals surface area contributed by atoms with Gasteiger partial charge in [-0.25, -0.2) is 0 Å². The van der Waals surface area contributed by atoms with Crippen LogP contribution in [0.2, 0.25) is 0 Å². The SMILES string of the molecule is Cc1cc(I)cc2c1C(=O)N(CC1CC1)C2. The van der Waals surface area contributed by atoms with Crippen LogP contribution in [0.5, 0.6) is 0 Å². The molecule has 0 N–H and O–H groups in total. The van der Waals surface area contributed by atoms with Gasteiger partial charge in [-0.05, 0) is 71.5 Å². The summed E-state index contributed by atoms with van der Waals surface area (Å²) in [5.74, 6) is 1.02. The first-order valence-electron chi connectivity index (χ1n) is 5.73. The topological polar surface area (TPSA) is 20.3 Å². The lowest BCUT2D eigenvalue weighted by Gasteiger charge is -2.14. The predicted octanol–water partition coefficient (Wildman–Crippen LogP) is 2.97. The Balaban J connectivity index is 1.93. The Bertz CT molecular complexity index is 465. The van der Waals surface area contributed by atoms with E-state index in [4.69, 9.17) is 0 Å². The zero-order valence-electron chi connectivity index (χ0n) is 9.29. The van der Waals surface area contributed by atoms with Crippen molar-refractivity contribution in [2.45, 2.75) is 26.3 Å². The molecule has 1 saturated carbocycles. The minimum Gasteiger partial charge on any atom is -0.334 e. The van der Waals surface area contributed by atoms with Crippen molar-refractivity contribution in [3.8, 4) is 0 Å². The van der Waals surface area contributed by atoms with E-state index < -0.39 is 0 Å². The van der Waals surface area contributed by atoms with Crippen molar-refractivity contribution < 1.29 is 4.79 Å². The monoisotopic (exact) mass is 327 g/mol. The number of benzene rings is 1. The van der Waals surface area contributed by atoms with Crippen LogP contribution in [-0.2, 0) is 6.54 Å². The van der Waals surface area contributed by atoms with Crippen molar-refractivity contribution >= 4 is 28.5 Å². The largest absolute Gasteiger partial charge is 0.334 e. The number of hydrogen-bond donors (Lipinski definition) is 0. The Morgan fingerprint density at radius 2 is 2.19 bits per heavy atom. The number of nitrogens with zero attached hydrogens (tertiary/aromatic N) is 1. The summed E-state index contributed by atoms with van der Waals surface area (Å²) < 4.78 is 1.23. The van der Waals surface area contributed by atoms with Gasteiger partial charge in [0.15, 0.2) is 0 Å². The van der Waals surface area contributed by atoms with Gasteiger partial charge in [0.1, 0.15) is 0 Å². The van der Waals surface area contributed by atoms with Crippen molar-refractivity contribution in [3.05, 3.63) is 32.4 Å². The molecular weight excluding hydrogens is 313 g/mol. The zero-order valence-corrected chi connectivity index (χ0v) is 11.5. The molecular formula is C13H14INO. The third-order valence-electron chi connectivity index (χ3n) is 3.42. The van der Waals surface area contributed by atoms with Gasteiger partial charge in [0.05, 0.1) is 0 Å². The second-order valence-corrected chi connectivity index (χ2v) is 6.13. The van der Waals surface area contributed by atoms with Gasteiger partial charge in [0.25, 0.3) is 5.91 Å². The van der Waals surface area contributed by atoms with Crippen LogP contribution in [0.4, 0.5) is 0 Å². The van der Waals surface area contributed by atoms with E-state index in [1.807, 2.05) is 11.8 Å². The fourth-order valence-electron chi connectivity index (χ4n) is 2.44. The second kappa shape index (κ2) is 3.72. The number of rotatable bonds is 2. The van der Waals surface area contributed by atoms with Crippen LogP contribution in [0.3, 0.4) is 0 Å². The molecule has 0 bridgehead atoms. The molecule has 3 rings (SSSR count). The van der Waals surface area contributed by atoms with Crippen LogP contribution in [0.15, 0.2) is 12.1 Å². The molecule has 2 nitrogen and oxygen atoms in total. The summed E-state index contributed by atoms with van der Waals surface area (Å²) in [6.45, 7) is 3.82. The average Bonchev–Trinajstić information content (AvgIpc) is 2.93. The highest BCUT2D eigenvalue weighted by molar-refractivity contribution is 14.1. The molecule has 1 aromatic rings. The van der Waals surface area contributed by atoms with Crippen LogP contribution in [-0.4, -0.2) is 17.4 Å². The Morgan fingerprint density at radius 1 is 1.44 bits per heavy atom. The van der Waals surface area contributed by atoms with E-state index in [9.17, 15) is 4.79 Å². The Morgan fingerprint density at radius 3 is 2.88 bits per heavy atom. The molecule has 0 saturated heterocycles. The Labute approximate surface area is 109 Å². The van der Waals surface area contributed by atoms with Crippen LogP contribution in [0.1, 0.15) is 34.3 Å². The van der Waals surface area contributed by atoms with E-state index in [1.54, 1.807) is 0 Å². The van der Waals surface area contributed by atoms with Gasteiger partial charge in [0, 0.05) is 22.2 Å². The Kier molecular flexibility index (Phi) is 2.46. The summed E-state index contributed by atoms with van der Waals surface area (Å²) in [5.41, 5.74) is 3.31. The zero-order chi connectivity index (χ0) is 11.3. The van der Waals surface area contributed by atoms with Crippen molar-refractivity contribution in [1.82, 2.24) is 4.90 Å². The molecule has 0 atom stereocenters. The molecule has 0 spiro atoms. The predicted molar refractivity (Wildman–Crippen MR) is 71.4 cm³/mol. The molecule has 2 aliphatic rings. The maximum absolute atomic E-state index is 12.2. The summed E-state index contributed by atoms with van der Waals surface area (Å²) in [4.78, 5) is 14.2. The van der Waals surface area contributed by atoms with Crippen molar-refractivity contribution in [2.24, 2.45) is 5.92 Å². The first-order chi connectivity index (χ1) is 7.65. The molecule has 16 heavy (non-hydrogen) atoms. The van der Waals surface area contributed by atoms with Gasteiger partial charge in [0.2, 0.25) is 0 Å². The summed E-state index contributed by atoms with van der Waals surface area (Å²) in [5, 5.41) is 0. The van der Waals surface area contributed by atoms with Gasteiger partial charge in [-0.3, -0.25) is 4.79 Å². The molecule has 0 radical (unpaired) electrons. The van der Waals surface area contributed by atoms with Gasteiger partial charge in [-0.15, -0.1) is 0 Å². The fraction of sp³-hybridized carbons (Fsp3) is 0.462. The van der Waals surface area contributed by atoms with Crippen molar-refractivity contribution in [1.29, 1.82) is 0 Å². The quantitative estimate of drug-likeness (QED) is 0.765. The number of amides is 1. The third kappa shape index (κ3) is 1.75. The van der Waals surface area contributed by atoms with Gasteiger partial charge in [-0.2, -0.15) is 0 Å². The number of halogens is 1. The van der Waals surface area contributed by atoms with E-state index in [-0.39, 0.29) is 5.91 Å². The second-order valence-electron chi connectivity index (χ2n) is 4.89. The molecule has 0 unspecified atom stereocenters. The molecule has 0 aromatic heterocycles. The van der Waals surface area contributed by atoms with E-state index in [2.05, 4.69) is 34.7 Å². The van der Waals surface area contributed by atoms with E-state index in [0.29, 0.717) is 0 Å². The molecule has 1 aliphatic heterocycles. The maximum atomic E-state index is 12.2. The van der Waals surface area contributed by atoms with E-state index >= 15 is 0 Å². The molecule has 1 fully saturated rings. The minimum atomic E-state index is 0.246. The van der Waals surface area contributed by atoms with Crippen molar-refractivity contribution in [3.63, 3.8) is 0 Å². The van der Waals surface area contributed by atoms with E-state index in [1.165, 1.54) is 22.0 Å². The lowest BCUT2D eigenvalue weighted by molar-refractivity contribution is 0.0770. The maximum Gasteiger partial charge on any atom is 0.254 e. The highest BCUT2D eigenvalue weighted by Crippen LogP contribution is 2.34. The standard InChI is InChI=1S/C13H14INO/c1-8-4-11(14)5-10-7-15(6-9-2-3-9)13(16)12(8)10/h4-5,9H,2-3,6-7H2,1H3. The molecule has 1 aromatic carbocycles. The summed E-state index contributed by atoms with van der Waals surface area (Å²) in [6.07, 6.45) is 2.60. The smallest absolute Gasteiger partial charge is 0.254 e. The third-order valence-corrected chi connectivity index (χ3v) is 4.04. The lowest BCUT2D eigenvalue weighted by Crippen LogP contribution is -2.26. The first-order valence-corrected chi connectivity index (χ1v) is 6.81. The summed E-state index contributed by atoms with van der Waals surface area (Å²) >= 11 is 2.32. The van der Waals surface area contributed by atoms with Crippen LogP contribution < -0.4 is 0 Å². The van der Waals surface area contributed by atoms with Crippen LogP contribution in [0.25, 0.3) is 0 Å². The molecule has 1 amide bonds. The molecule has 84 valence electrons. The number of fused-ring (bicyclic) bond motifs is 1. The molecule has 1 aliphatic carbocycles. The highest BCUT2D eigenvalue weighted by atomic mass is 127. The number of aryl methyl sites for hydroxylation is 1. The Hall–Kier alpha value is -0.580. The van der Waals surface area contributed by atoms with Gasteiger partial charge in [-0.1, -0.05) is 0 Å². The first kappa shape index (κ1) is 10.6.